The van der Waals surface area contributed by atoms with Crippen LogP contribution in [-0.4, -0.2) is 9.97 Å². The first-order valence-corrected chi connectivity index (χ1v) is 15.8. The van der Waals surface area contributed by atoms with E-state index in [1.807, 2.05) is 26.0 Å². The van der Waals surface area contributed by atoms with Crippen molar-refractivity contribution in [2.24, 2.45) is 0 Å². The topological polar surface area (TPSA) is 25.8 Å². The maximum atomic E-state index is 4.84. The zero-order valence-corrected chi connectivity index (χ0v) is 25.9. The van der Waals surface area contributed by atoms with Gasteiger partial charge in [0.05, 0.1) is 11.4 Å². The highest BCUT2D eigenvalue weighted by atomic mass is 14.7. The molecule has 0 radical (unpaired) electrons. The van der Waals surface area contributed by atoms with E-state index in [0.29, 0.717) is 0 Å². The van der Waals surface area contributed by atoms with Crippen molar-refractivity contribution in [2.75, 3.05) is 0 Å². The summed E-state index contributed by atoms with van der Waals surface area (Å²) in [5.41, 5.74) is 13.5. The Hall–Kier alpha value is -5.86. The summed E-state index contributed by atoms with van der Waals surface area (Å²) >= 11 is 0. The smallest absolute Gasteiger partial charge is 0.0705 e. The van der Waals surface area contributed by atoms with Crippen molar-refractivity contribution in [1.82, 2.24) is 9.97 Å². The van der Waals surface area contributed by atoms with E-state index < -0.39 is 0 Å². The molecule has 6 aromatic carbocycles. The summed E-state index contributed by atoms with van der Waals surface area (Å²) in [5.74, 6) is 0. The van der Waals surface area contributed by atoms with E-state index in [-0.39, 0.29) is 0 Å². The van der Waals surface area contributed by atoms with Crippen molar-refractivity contribution in [3.63, 3.8) is 0 Å². The average molecular weight is 589 g/mol. The lowest BCUT2D eigenvalue weighted by molar-refractivity contribution is 1.20. The van der Waals surface area contributed by atoms with Gasteiger partial charge in [-0.2, -0.15) is 0 Å². The van der Waals surface area contributed by atoms with Gasteiger partial charge >= 0.3 is 0 Å². The molecule has 0 saturated carbocycles. The average Bonchev–Trinajstić information content (AvgIpc) is 3.11. The molecule has 0 fully saturated rings. The fraction of sp³-hybridized carbons (Fsp3) is 0.0455. The molecule has 2 heteroatoms. The molecule has 0 N–H and O–H groups in total. The Labute approximate surface area is 269 Å². The summed E-state index contributed by atoms with van der Waals surface area (Å²) in [5, 5.41) is 4.90. The molecule has 8 rings (SSSR count). The third kappa shape index (κ3) is 5.04. The SMILES string of the molecule is Cc1cccc(-c2cccc(-c3c4ccccc4c(-c4cccc(-c5cccc(C)n5)c4)c4cc(-c5ccccc5)ccc34)c2)n1. The fourth-order valence-electron chi connectivity index (χ4n) is 6.69. The third-order valence-corrected chi connectivity index (χ3v) is 8.80. The molecule has 0 atom stereocenters. The van der Waals surface area contributed by atoms with Crippen molar-refractivity contribution >= 4 is 21.5 Å². The van der Waals surface area contributed by atoms with Crippen LogP contribution in [0.5, 0.6) is 0 Å². The molecule has 0 unspecified atom stereocenters. The van der Waals surface area contributed by atoms with Crippen LogP contribution >= 0.6 is 0 Å². The van der Waals surface area contributed by atoms with Gasteiger partial charge in [-0.25, -0.2) is 0 Å². The fourth-order valence-corrected chi connectivity index (χ4v) is 6.69. The van der Waals surface area contributed by atoms with E-state index in [0.717, 1.165) is 33.9 Å². The van der Waals surface area contributed by atoms with Gasteiger partial charge in [0.1, 0.15) is 0 Å². The van der Waals surface area contributed by atoms with E-state index in [2.05, 4.69) is 146 Å². The third-order valence-electron chi connectivity index (χ3n) is 8.80. The molecule has 0 bridgehead atoms. The molecular formula is C44H32N2. The van der Waals surface area contributed by atoms with Crippen LogP contribution in [0.2, 0.25) is 0 Å². The molecule has 218 valence electrons. The minimum atomic E-state index is 0.985. The van der Waals surface area contributed by atoms with Crippen LogP contribution in [0.4, 0.5) is 0 Å². The van der Waals surface area contributed by atoms with Crippen LogP contribution in [0.3, 0.4) is 0 Å². The number of aromatic nitrogens is 2. The summed E-state index contributed by atoms with van der Waals surface area (Å²) in [6.45, 7) is 4.09. The molecule has 0 spiro atoms. The number of rotatable bonds is 5. The van der Waals surface area contributed by atoms with Gasteiger partial charge in [0.25, 0.3) is 0 Å². The van der Waals surface area contributed by atoms with Crippen molar-refractivity contribution in [1.29, 1.82) is 0 Å². The van der Waals surface area contributed by atoms with Crippen LogP contribution in [0.1, 0.15) is 11.4 Å². The lowest BCUT2D eigenvalue weighted by Gasteiger charge is -2.19. The zero-order chi connectivity index (χ0) is 31.0. The minimum Gasteiger partial charge on any atom is -0.253 e. The van der Waals surface area contributed by atoms with Crippen LogP contribution in [0.15, 0.2) is 158 Å². The Kier molecular flexibility index (Phi) is 6.96. The Morgan fingerprint density at radius 3 is 1.33 bits per heavy atom. The number of fused-ring (bicyclic) bond motifs is 2. The maximum absolute atomic E-state index is 4.84. The first-order chi connectivity index (χ1) is 22.6. The largest absolute Gasteiger partial charge is 0.253 e. The van der Waals surface area contributed by atoms with Gasteiger partial charge in [-0.15, -0.1) is 0 Å². The van der Waals surface area contributed by atoms with E-state index >= 15 is 0 Å². The van der Waals surface area contributed by atoms with Gasteiger partial charge in [-0.1, -0.05) is 115 Å². The monoisotopic (exact) mass is 588 g/mol. The Morgan fingerprint density at radius 2 is 0.761 bits per heavy atom. The summed E-state index contributed by atoms with van der Waals surface area (Å²) in [6.07, 6.45) is 0. The quantitative estimate of drug-likeness (QED) is 0.187. The molecule has 0 aliphatic rings. The highest BCUT2D eigenvalue weighted by Crippen LogP contribution is 2.45. The van der Waals surface area contributed by atoms with Crippen molar-refractivity contribution < 1.29 is 0 Å². The van der Waals surface area contributed by atoms with Gasteiger partial charge in [0, 0.05) is 22.5 Å². The second-order valence-corrected chi connectivity index (χ2v) is 11.9. The minimum absolute atomic E-state index is 0.985. The lowest BCUT2D eigenvalue weighted by atomic mass is 9.84. The Balaban J connectivity index is 1.44. The second kappa shape index (κ2) is 11.6. The molecule has 2 nitrogen and oxygen atoms in total. The Bertz CT molecular complexity index is 2390. The van der Waals surface area contributed by atoms with Gasteiger partial charge in [-0.3, -0.25) is 9.97 Å². The highest BCUT2D eigenvalue weighted by Gasteiger charge is 2.18. The number of benzene rings is 6. The highest BCUT2D eigenvalue weighted by molar-refractivity contribution is 6.22. The molecular weight excluding hydrogens is 556 g/mol. The maximum Gasteiger partial charge on any atom is 0.0705 e. The molecule has 0 aliphatic carbocycles. The number of hydrogen-bond donors (Lipinski definition) is 0. The molecule has 0 amide bonds. The standard InChI is InChI=1S/C44H32N2/c1-29-12-8-22-41(45-29)33-16-10-18-35(26-33)43-37-20-6-7-21-38(37)44(36-19-11-17-34(27-36)42-23-9-13-30(2)46-42)40-28-32(24-25-39(40)43)31-14-4-3-5-15-31/h3-28H,1-2H3. The van der Waals surface area contributed by atoms with Gasteiger partial charge < -0.3 is 0 Å². The lowest BCUT2D eigenvalue weighted by Crippen LogP contribution is -1.93. The van der Waals surface area contributed by atoms with Crippen molar-refractivity contribution in [3.8, 4) is 55.9 Å². The molecule has 2 heterocycles. The van der Waals surface area contributed by atoms with Crippen LogP contribution < -0.4 is 0 Å². The van der Waals surface area contributed by atoms with Crippen LogP contribution in [0.25, 0.3) is 77.4 Å². The van der Waals surface area contributed by atoms with Crippen molar-refractivity contribution in [3.05, 3.63) is 169 Å². The summed E-state index contributed by atoms with van der Waals surface area (Å²) in [7, 11) is 0. The van der Waals surface area contributed by atoms with E-state index in [4.69, 9.17) is 9.97 Å². The number of nitrogens with zero attached hydrogens (tertiary/aromatic N) is 2. The number of hydrogen-bond acceptors (Lipinski definition) is 2. The second-order valence-electron chi connectivity index (χ2n) is 11.9. The van der Waals surface area contributed by atoms with Gasteiger partial charge in [-0.05, 0) is 111 Å². The first-order valence-electron chi connectivity index (χ1n) is 15.8. The summed E-state index contributed by atoms with van der Waals surface area (Å²) in [4.78, 5) is 9.68. The molecule has 0 saturated heterocycles. The molecule has 8 aromatic rings. The van der Waals surface area contributed by atoms with Gasteiger partial charge in [0.2, 0.25) is 0 Å². The molecule has 46 heavy (non-hydrogen) atoms. The van der Waals surface area contributed by atoms with E-state index in [1.54, 1.807) is 0 Å². The van der Waals surface area contributed by atoms with Crippen LogP contribution in [-0.2, 0) is 0 Å². The van der Waals surface area contributed by atoms with E-state index in [9.17, 15) is 0 Å². The summed E-state index contributed by atoms with van der Waals surface area (Å²) in [6, 6.07) is 56.5. The predicted octanol–water partition coefficient (Wildman–Crippen LogP) is 11.7. The molecule has 0 aliphatic heterocycles. The number of aryl methyl sites for hydroxylation is 2. The van der Waals surface area contributed by atoms with Crippen LogP contribution in [0, 0.1) is 13.8 Å². The van der Waals surface area contributed by atoms with Gasteiger partial charge in [0.15, 0.2) is 0 Å². The first kappa shape index (κ1) is 27.7. The normalized spacial score (nSPS) is 11.3. The zero-order valence-electron chi connectivity index (χ0n) is 25.9. The van der Waals surface area contributed by atoms with Crippen molar-refractivity contribution in [2.45, 2.75) is 13.8 Å². The summed E-state index contributed by atoms with van der Waals surface area (Å²) < 4.78 is 0. The predicted molar refractivity (Wildman–Crippen MR) is 194 cm³/mol. The number of pyridine rings is 2. The van der Waals surface area contributed by atoms with E-state index in [1.165, 1.54) is 54.9 Å². The molecule has 2 aromatic heterocycles. The Morgan fingerprint density at radius 1 is 0.304 bits per heavy atom.